The summed E-state index contributed by atoms with van der Waals surface area (Å²) in [6.07, 6.45) is 3.31. The average Bonchev–Trinajstić information content (AvgIpc) is 2.63. The second-order valence-corrected chi connectivity index (χ2v) is 6.20. The number of aryl methyl sites for hydroxylation is 1. The van der Waals surface area contributed by atoms with Gasteiger partial charge in [0.25, 0.3) is 0 Å². The summed E-state index contributed by atoms with van der Waals surface area (Å²) in [5.41, 5.74) is 0.335. The molecule has 0 aliphatic carbocycles. The Morgan fingerprint density at radius 2 is 2.00 bits per heavy atom. The van der Waals surface area contributed by atoms with Crippen LogP contribution in [0.25, 0.3) is 17.0 Å². The lowest BCUT2D eigenvalue weighted by atomic mass is 10.0. The lowest BCUT2D eigenvalue weighted by molar-refractivity contribution is 0.0694. The Bertz CT molecular complexity index is 950. The highest BCUT2D eigenvalue weighted by Crippen LogP contribution is 2.27. The lowest BCUT2D eigenvalue weighted by Crippen LogP contribution is -2.44. The quantitative estimate of drug-likeness (QED) is 0.832. The van der Waals surface area contributed by atoms with Gasteiger partial charge in [0.15, 0.2) is 0 Å². The Hall–Kier alpha value is -2.38. The molecular weight excluding hydrogens is 373 g/mol. The van der Waals surface area contributed by atoms with Crippen molar-refractivity contribution in [1.29, 1.82) is 0 Å². The van der Waals surface area contributed by atoms with Crippen molar-refractivity contribution in [3.63, 3.8) is 0 Å². The number of halogens is 2. The molecule has 2 heterocycles. The maximum Gasteiger partial charge on any atom is 0.341 e. The van der Waals surface area contributed by atoms with Crippen LogP contribution in [0.5, 0.6) is 0 Å². The molecule has 2 N–H and O–H groups in total. The van der Waals surface area contributed by atoms with Crippen molar-refractivity contribution >= 4 is 41.0 Å². The predicted molar refractivity (Wildman–Crippen MR) is 108 cm³/mol. The smallest absolute Gasteiger partial charge is 0.341 e. The molecule has 0 radical (unpaired) electrons. The van der Waals surface area contributed by atoms with Crippen LogP contribution in [0.15, 0.2) is 23.0 Å². The van der Waals surface area contributed by atoms with Gasteiger partial charge in [0, 0.05) is 38.1 Å². The molecule has 1 aromatic carbocycles. The highest BCUT2D eigenvalue weighted by Gasteiger charge is 2.23. The van der Waals surface area contributed by atoms with Crippen molar-refractivity contribution in [2.45, 2.75) is 20.4 Å². The van der Waals surface area contributed by atoms with E-state index >= 15 is 0 Å². The molecule has 2 aromatic rings. The number of carboxylic acid groups (broad SMARTS) is 1. The number of aromatic nitrogens is 1. The molecule has 27 heavy (non-hydrogen) atoms. The van der Waals surface area contributed by atoms with Gasteiger partial charge in [-0.15, -0.1) is 12.4 Å². The zero-order valence-corrected chi connectivity index (χ0v) is 16.1. The fourth-order valence-electron chi connectivity index (χ4n) is 3.50. The minimum absolute atomic E-state index is 0. The van der Waals surface area contributed by atoms with E-state index < -0.39 is 17.2 Å². The topological polar surface area (TPSA) is 74.6 Å². The minimum atomic E-state index is -1.31. The van der Waals surface area contributed by atoms with Gasteiger partial charge in [0.1, 0.15) is 11.4 Å². The number of rotatable bonds is 4. The largest absolute Gasteiger partial charge is 0.477 e. The lowest BCUT2D eigenvalue weighted by Gasteiger charge is -2.30. The first-order chi connectivity index (χ1) is 12.5. The van der Waals surface area contributed by atoms with Crippen molar-refractivity contribution in [3.05, 3.63) is 45.5 Å². The first-order valence-electron chi connectivity index (χ1n) is 8.71. The van der Waals surface area contributed by atoms with Crippen molar-refractivity contribution in [2.75, 3.05) is 31.1 Å². The molecule has 1 aromatic heterocycles. The van der Waals surface area contributed by atoms with E-state index in [1.807, 2.05) is 11.8 Å². The summed E-state index contributed by atoms with van der Waals surface area (Å²) in [7, 11) is 0. The number of nitrogens with zero attached hydrogens (tertiary/aromatic N) is 2. The Morgan fingerprint density at radius 1 is 1.33 bits per heavy atom. The number of hydrogen-bond donors (Lipinski definition) is 2. The third kappa shape index (κ3) is 3.70. The molecule has 8 heteroatoms. The van der Waals surface area contributed by atoms with Gasteiger partial charge in [0.2, 0.25) is 5.43 Å². The van der Waals surface area contributed by atoms with Crippen LogP contribution in [0.3, 0.4) is 0 Å². The minimum Gasteiger partial charge on any atom is -0.477 e. The van der Waals surface area contributed by atoms with Crippen molar-refractivity contribution in [3.8, 4) is 0 Å². The molecule has 0 unspecified atom stereocenters. The van der Waals surface area contributed by atoms with E-state index in [0.717, 1.165) is 13.1 Å². The summed E-state index contributed by atoms with van der Waals surface area (Å²) in [5, 5.41) is 12.8. The Morgan fingerprint density at radius 3 is 2.56 bits per heavy atom. The number of fused-ring (bicyclic) bond motifs is 1. The number of benzene rings is 1. The van der Waals surface area contributed by atoms with E-state index in [1.165, 1.54) is 6.07 Å². The molecule has 146 valence electrons. The summed E-state index contributed by atoms with van der Waals surface area (Å²) in [6.45, 7) is 6.97. The van der Waals surface area contributed by atoms with Crippen LogP contribution < -0.4 is 15.6 Å². The van der Waals surface area contributed by atoms with Gasteiger partial charge in [-0.25, -0.2) is 9.18 Å². The monoisotopic (exact) mass is 395 g/mol. The maximum atomic E-state index is 14.7. The maximum absolute atomic E-state index is 14.7. The summed E-state index contributed by atoms with van der Waals surface area (Å²) in [4.78, 5) is 26.4. The number of hydrogen-bond acceptors (Lipinski definition) is 4. The number of anilines is 1. The molecule has 6 nitrogen and oxygen atoms in total. The Labute approximate surface area is 162 Å². The normalized spacial score (nSPS) is 14.6. The van der Waals surface area contributed by atoms with Gasteiger partial charge >= 0.3 is 5.97 Å². The number of aromatic carboxylic acids is 1. The zero-order chi connectivity index (χ0) is 18.8. The molecule has 0 spiro atoms. The predicted octanol–water partition coefficient (Wildman–Crippen LogP) is 2.72. The SMILES string of the molecule is CC=Cc1c(C(=O)O)c(=O)c2cc(F)c(N3CCNCC3)cc2n1CC.Cl. The molecule has 0 saturated carbocycles. The fraction of sp³-hybridized carbons (Fsp3) is 0.368. The third-order valence-electron chi connectivity index (χ3n) is 4.69. The number of carboxylic acids is 1. The van der Waals surface area contributed by atoms with Crippen LogP contribution in [0.4, 0.5) is 10.1 Å². The highest BCUT2D eigenvalue weighted by atomic mass is 35.5. The molecule has 0 amide bonds. The molecule has 1 aliphatic rings. The van der Waals surface area contributed by atoms with Crippen LogP contribution in [0, 0.1) is 5.82 Å². The fourth-order valence-corrected chi connectivity index (χ4v) is 3.50. The highest BCUT2D eigenvalue weighted by molar-refractivity contribution is 5.97. The molecule has 0 atom stereocenters. The first kappa shape index (κ1) is 20.9. The molecule has 0 bridgehead atoms. The van der Waals surface area contributed by atoms with Crippen LogP contribution >= 0.6 is 12.4 Å². The molecule has 1 fully saturated rings. The van der Waals surface area contributed by atoms with Crippen LogP contribution in [-0.2, 0) is 6.54 Å². The molecule has 1 saturated heterocycles. The summed E-state index contributed by atoms with van der Waals surface area (Å²) in [5.74, 6) is -1.81. The van der Waals surface area contributed by atoms with E-state index in [4.69, 9.17) is 0 Å². The van der Waals surface area contributed by atoms with E-state index in [-0.39, 0.29) is 23.4 Å². The molecule has 3 rings (SSSR count). The van der Waals surface area contributed by atoms with E-state index in [9.17, 15) is 19.1 Å². The Kier molecular flexibility index (Phi) is 6.62. The van der Waals surface area contributed by atoms with E-state index in [0.29, 0.717) is 36.5 Å². The standard InChI is InChI=1S/C19H22FN3O3.ClH/c1-3-5-14-17(19(25)26)18(24)12-10-13(20)16(11-15(12)23(14)4-2)22-8-6-21-7-9-22;/h3,5,10-11,21H,4,6-9H2,1-2H3,(H,25,26);1H. The second-order valence-electron chi connectivity index (χ2n) is 6.20. The van der Waals surface area contributed by atoms with E-state index in [2.05, 4.69) is 5.32 Å². The number of piperazine rings is 1. The van der Waals surface area contributed by atoms with Gasteiger partial charge < -0.3 is 19.9 Å². The number of nitrogens with one attached hydrogen (secondary N) is 1. The van der Waals surface area contributed by atoms with Gasteiger partial charge in [0.05, 0.1) is 16.9 Å². The van der Waals surface area contributed by atoms with Crippen molar-refractivity contribution in [2.24, 2.45) is 0 Å². The number of pyridine rings is 1. The summed E-state index contributed by atoms with van der Waals surface area (Å²) < 4.78 is 16.5. The summed E-state index contributed by atoms with van der Waals surface area (Å²) in [6, 6.07) is 2.84. The van der Waals surface area contributed by atoms with Gasteiger partial charge in [-0.1, -0.05) is 6.08 Å². The summed E-state index contributed by atoms with van der Waals surface area (Å²) >= 11 is 0. The van der Waals surface area contributed by atoms with Gasteiger partial charge in [-0.05, 0) is 32.1 Å². The van der Waals surface area contributed by atoms with Gasteiger partial charge in [-0.2, -0.15) is 0 Å². The number of allylic oxidation sites excluding steroid dienone is 1. The second kappa shape index (κ2) is 8.54. The third-order valence-corrected chi connectivity index (χ3v) is 4.69. The number of carbonyl (C=O) groups is 1. The van der Waals surface area contributed by atoms with Crippen LogP contribution in [0.2, 0.25) is 0 Å². The first-order valence-corrected chi connectivity index (χ1v) is 8.71. The average molecular weight is 396 g/mol. The van der Waals surface area contributed by atoms with E-state index in [1.54, 1.807) is 29.7 Å². The molecular formula is C19H23ClFN3O3. The molecule has 1 aliphatic heterocycles. The van der Waals surface area contributed by atoms with Crippen molar-refractivity contribution in [1.82, 2.24) is 9.88 Å². The zero-order valence-electron chi connectivity index (χ0n) is 15.3. The van der Waals surface area contributed by atoms with Crippen molar-refractivity contribution < 1.29 is 14.3 Å². The Balaban J connectivity index is 0.00000261. The van der Waals surface area contributed by atoms with Crippen LogP contribution in [-0.4, -0.2) is 41.8 Å². The van der Waals surface area contributed by atoms with Gasteiger partial charge in [-0.3, -0.25) is 4.79 Å². The van der Waals surface area contributed by atoms with Crippen LogP contribution in [0.1, 0.15) is 29.9 Å².